The molecule has 0 saturated carbocycles. The van der Waals surface area contributed by atoms with Gasteiger partial charge in [0.05, 0.1) is 24.0 Å². The maximum Gasteiger partial charge on any atom is 0.153 e. The second-order valence-corrected chi connectivity index (χ2v) is 7.06. The van der Waals surface area contributed by atoms with E-state index in [4.69, 9.17) is 10.00 Å². The predicted octanol–water partition coefficient (Wildman–Crippen LogP) is 2.20. The second-order valence-electron chi connectivity index (χ2n) is 4.84. The molecule has 19 heavy (non-hydrogen) atoms. The molecule has 1 aromatic rings. The molecule has 0 saturated heterocycles. The van der Waals surface area contributed by atoms with E-state index in [0.717, 1.165) is 5.56 Å². The molecule has 0 aliphatic rings. The van der Waals surface area contributed by atoms with Crippen molar-refractivity contribution >= 4 is 9.84 Å². The van der Waals surface area contributed by atoms with Crippen molar-refractivity contribution in [1.29, 1.82) is 5.26 Å². The van der Waals surface area contributed by atoms with Gasteiger partial charge >= 0.3 is 0 Å². The molecule has 104 valence electrons. The van der Waals surface area contributed by atoms with Crippen LogP contribution in [-0.4, -0.2) is 26.5 Å². The van der Waals surface area contributed by atoms with Crippen LogP contribution in [0.4, 0.5) is 0 Å². The van der Waals surface area contributed by atoms with E-state index in [2.05, 4.69) is 6.07 Å². The molecule has 0 atom stereocenters. The first kappa shape index (κ1) is 15.5. The van der Waals surface area contributed by atoms with Crippen LogP contribution in [-0.2, 0) is 16.3 Å². The second kappa shape index (κ2) is 7.15. The van der Waals surface area contributed by atoms with Gasteiger partial charge in [0.15, 0.2) is 9.84 Å². The summed E-state index contributed by atoms with van der Waals surface area (Å²) in [5.41, 5.74) is 0.919. The molecule has 4 nitrogen and oxygen atoms in total. The van der Waals surface area contributed by atoms with E-state index < -0.39 is 9.84 Å². The fraction of sp³-hybridized carbons (Fsp3) is 0.500. The van der Waals surface area contributed by atoms with Gasteiger partial charge < -0.3 is 4.74 Å². The highest BCUT2D eigenvalue weighted by Gasteiger charge is 2.13. The minimum atomic E-state index is -3.04. The quantitative estimate of drug-likeness (QED) is 0.768. The number of nitrogens with zero attached hydrogens (tertiary/aromatic N) is 1. The molecule has 0 bridgehead atoms. The van der Waals surface area contributed by atoms with Gasteiger partial charge in [-0.25, -0.2) is 8.42 Å². The van der Waals surface area contributed by atoms with E-state index in [1.807, 2.05) is 13.8 Å². The first-order chi connectivity index (χ1) is 8.93. The number of hydrogen-bond acceptors (Lipinski definition) is 4. The number of benzene rings is 1. The highest BCUT2D eigenvalue weighted by atomic mass is 32.2. The van der Waals surface area contributed by atoms with Gasteiger partial charge in [0.2, 0.25) is 0 Å². The standard InChI is InChI=1S/C14H19NO3S/c1-12(2)11-19(16,17)10-9-18-14-5-3-13(4-6-14)7-8-15/h3-6,12H,7,9-11H2,1-2H3. The van der Waals surface area contributed by atoms with Gasteiger partial charge in [-0.15, -0.1) is 0 Å². The van der Waals surface area contributed by atoms with Crippen LogP contribution in [0.15, 0.2) is 24.3 Å². The Kier molecular flexibility index (Phi) is 5.84. The van der Waals surface area contributed by atoms with Crippen molar-refractivity contribution in [2.24, 2.45) is 5.92 Å². The summed E-state index contributed by atoms with van der Waals surface area (Å²) in [6, 6.07) is 9.18. The molecule has 1 rings (SSSR count). The number of hydrogen-bond donors (Lipinski definition) is 0. The third-order valence-electron chi connectivity index (χ3n) is 2.46. The summed E-state index contributed by atoms with van der Waals surface area (Å²) in [6.07, 6.45) is 0.364. The van der Waals surface area contributed by atoms with Crippen LogP contribution in [0.3, 0.4) is 0 Å². The number of rotatable bonds is 7. The number of ether oxygens (including phenoxy) is 1. The van der Waals surface area contributed by atoms with Crippen molar-refractivity contribution in [2.45, 2.75) is 20.3 Å². The summed E-state index contributed by atoms with van der Waals surface area (Å²) in [5.74, 6) is 0.986. The Labute approximate surface area is 114 Å². The van der Waals surface area contributed by atoms with Crippen molar-refractivity contribution in [3.8, 4) is 11.8 Å². The average molecular weight is 281 g/mol. The number of sulfone groups is 1. The molecule has 0 aromatic heterocycles. The van der Waals surface area contributed by atoms with Gasteiger partial charge in [-0.1, -0.05) is 26.0 Å². The first-order valence-electron chi connectivity index (χ1n) is 6.22. The van der Waals surface area contributed by atoms with Crippen molar-refractivity contribution in [3.63, 3.8) is 0 Å². The lowest BCUT2D eigenvalue weighted by molar-refractivity contribution is 0.340. The lowest BCUT2D eigenvalue weighted by Crippen LogP contribution is -2.19. The van der Waals surface area contributed by atoms with Crippen molar-refractivity contribution in [1.82, 2.24) is 0 Å². The van der Waals surface area contributed by atoms with E-state index in [1.54, 1.807) is 24.3 Å². The minimum Gasteiger partial charge on any atom is -0.493 e. The van der Waals surface area contributed by atoms with Crippen LogP contribution in [0, 0.1) is 17.2 Å². The van der Waals surface area contributed by atoms with E-state index >= 15 is 0 Å². The molecule has 0 radical (unpaired) electrons. The third-order valence-corrected chi connectivity index (χ3v) is 4.42. The molecule has 0 spiro atoms. The summed E-state index contributed by atoms with van der Waals surface area (Å²) in [5, 5.41) is 8.54. The lowest BCUT2D eigenvalue weighted by Gasteiger charge is -2.09. The molecular formula is C14H19NO3S. The van der Waals surface area contributed by atoms with E-state index in [9.17, 15) is 8.42 Å². The molecule has 0 aliphatic heterocycles. The third kappa shape index (κ3) is 6.25. The Balaban J connectivity index is 2.43. The molecule has 5 heteroatoms. The Hall–Kier alpha value is -1.54. The van der Waals surface area contributed by atoms with Crippen molar-refractivity contribution in [3.05, 3.63) is 29.8 Å². The van der Waals surface area contributed by atoms with E-state index in [0.29, 0.717) is 12.2 Å². The van der Waals surface area contributed by atoms with Gasteiger partial charge in [-0.2, -0.15) is 5.26 Å². The molecule has 0 unspecified atom stereocenters. The van der Waals surface area contributed by atoms with Gasteiger partial charge in [-0.05, 0) is 23.6 Å². The SMILES string of the molecule is CC(C)CS(=O)(=O)CCOc1ccc(CC#N)cc1. The van der Waals surface area contributed by atoms with Gasteiger partial charge in [-0.3, -0.25) is 0 Å². The largest absolute Gasteiger partial charge is 0.493 e. The normalized spacial score (nSPS) is 11.3. The van der Waals surface area contributed by atoms with Crippen LogP contribution in [0.25, 0.3) is 0 Å². The van der Waals surface area contributed by atoms with Crippen molar-refractivity contribution in [2.75, 3.05) is 18.1 Å². The minimum absolute atomic E-state index is 0.0329. The fourth-order valence-corrected chi connectivity index (χ4v) is 3.19. The Morgan fingerprint density at radius 1 is 1.26 bits per heavy atom. The summed E-state index contributed by atoms with van der Waals surface area (Å²) in [4.78, 5) is 0. The Morgan fingerprint density at radius 3 is 2.42 bits per heavy atom. The molecule has 0 amide bonds. The van der Waals surface area contributed by atoms with Crippen LogP contribution in [0.5, 0.6) is 5.75 Å². The van der Waals surface area contributed by atoms with E-state index in [-0.39, 0.29) is 24.0 Å². The summed E-state index contributed by atoms with van der Waals surface area (Å²) in [6.45, 7) is 3.92. The highest BCUT2D eigenvalue weighted by Crippen LogP contribution is 2.12. The van der Waals surface area contributed by atoms with Crippen molar-refractivity contribution < 1.29 is 13.2 Å². The zero-order valence-electron chi connectivity index (χ0n) is 11.3. The Bertz CT molecular complexity index is 527. The average Bonchev–Trinajstić information content (AvgIpc) is 2.30. The molecule has 0 aliphatic carbocycles. The monoisotopic (exact) mass is 281 g/mol. The maximum absolute atomic E-state index is 11.7. The van der Waals surface area contributed by atoms with E-state index in [1.165, 1.54) is 0 Å². The zero-order chi connectivity index (χ0) is 14.3. The van der Waals surface area contributed by atoms with Gasteiger partial charge in [0.25, 0.3) is 0 Å². The van der Waals surface area contributed by atoms with Gasteiger partial charge in [0.1, 0.15) is 12.4 Å². The first-order valence-corrected chi connectivity index (χ1v) is 8.04. The lowest BCUT2D eigenvalue weighted by atomic mass is 10.2. The molecule has 0 heterocycles. The maximum atomic E-state index is 11.7. The van der Waals surface area contributed by atoms with Crippen LogP contribution < -0.4 is 4.74 Å². The van der Waals surface area contributed by atoms with Crippen LogP contribution in [0.2, 0.25) is 0 Å². The van der Waals surface area contributed by atoms with Crippen LogP contribution >= 0.6 is 0 Å². The fourth-order valence-electron chi connectivity index (χ4n) is 1.67. The molecule has 0 N–H and O–H groups in total. The predicted molar refractivity (Wildman–Crippen MR) is 74.7 cm³/mol. The topological polar surface area (TPSA) is 67.2 Å². The summed E-state index contributed by atoms with van der Waals surface area (Å²) < 4.78 is 28.7. The van der Waals surface area contributed by atoms with Crippen LogP contribution in [0.1, 0.15) is 19.4 Å². The molecule has 1 aromatic carbocycles. The summed E-state index contributed by atoms with van der Waals surface area (Å²) in [7, 11) is -3.04. The molecular weight excluding hydrogens is 262 g/mol. The number of nitriles is 1. The smallest absolute Gasteiger partial charge is 0.153 e. The Morgan fingerprint density at radius 2 is 1.89 bits per heavy atom. The highest BCUT2D eigenvalue weighted by molar-refractivity contribution is 7.91. The zero-order valence-corrected chi connectivity index (χ0v) is 12.1. The molecule has 0 fully saturated rings. The van der Waals surface area contributed by atoms with Gasteiger partial charge in [0, 0.05) is 0 Å². The summed E-state index contributed by atoms with van der Waals surface area (Å²) >= 11 is 0.